The molecule has 4 rings (SSSR count). The van der Waals surface area contributed by atoms with Gasteiger partial charge in [0.2, 0.25) is 5.91 Å². The summed E-state index contributed by atoms with van der Waals surface area (Å²) in [5.74, 6) is 0.405. The Morgan fingerprint density at radius 2 is 2.04 bits per heavy atom. The molecule has 1 N–H and O–H groups in total. The van der Waals surface area contributed by atoms with Crippen molar-refractivity contribution in [3.05, 3.63) is 11.1 Å². The van der Waals surface area contributed by atoms with Crippen LogP contribution in [-0.4, -0.2) is 46.6 Å². The predicted molar refractivity (Wildman–Crippen MR) is 95.1 cm³/mol. The van der Waals surface area contributed by atoms with Gasteiger partial charge in [0, 0.05) is 31.1 Å². The molecule has 0 radical (unpaired) electrons. The molecule has 1 aliphatic carbocycles. The lowest BCUT2D eigenvalue weighted by Gasteiger charge is -2.44. The molecule has 0 unspecified atom stereocenters. The smallest absolute Gasteiger partial charge is 0.230 e. The number of piperidine rings is 1. The third-order valence-corrected chi connectivity index (χ3v) is 7.06. The third-order valence-electron chi connectivity index (χ3n) is 6.11. The van der Waals surface area contributed by atoms with Crippen molar-refractivity contribution < 1.29 is 9.90 Å². The first-order valence-electron chi connectivity index (χ1n) is 9.33. The van der Waals surface area contributed by atoms with Gasteiger partial charge in [-0.05, 0) is 32.1 Å². The van der Waals surface area contributed by atoms with Crippen LogP contribution in [0.2, 0.25) is 0 Å². The van der Waals surface area contributed by atoms with Gasteiger partial charge >= 0.3 is 0 Å². The van der Waals surface area contributed by atoms with E-state index < -0.39 is 0 Å². The van der Waals surface area contributed by atoms with Crippen LogP contribution in [-0.2, 0) is 11.4 Å². The fourth-order valence-corrected chi connectivity index (χ4v) is 5.61. The van der Waals surface area contributed by atoms with Crippen LogP contribution >= 0.6 is 11.3 Å². The topological polar surface area (TPSA) is 56.7 Å². The van der Waals surface area contributed by atoms with E-state index >= 15 is 0 Å². The summed E-state index contributed by atoms with van der Waals surface area (Å²) in [6, 6.07) is 0.485. The summed E-state index contributed by atoms with van der Waals surface area (Å²) in [6.45, 7) is 2.65. The molecule has 5 nitrogen and oxygen atoms in total. The lowest BCUT2D eigenvalue weighted by atomic mass is 9.77. The average molecular weight is 350 g/mol. The maximum absolute atomic E-state index is 13.3. The van der Waals surface area contributed by atoms with Crippen molar-refractivity contribution in [2.75, 3.05) is 24.5 Å². The number of amides is 1. The molecule has 132 valence electrons. The molecule has 3 heterocycles. The predicted octanol–water partition coefficient (Wildman–Crippen LogP) is 2.79. The number of thiazole rings is 1. The summed E-state index contributed by atoms with van der Waals surface area (Å²) in [5, 5.41) is 12.1. The molecule has 6 heteroatoms. The lowest BCUT2D eigenvalue weighted by molar-refractivity contribution is -0.148. The van der Waals surface area contributed by atoms with Crippen molar-refractivity contribution in [2.24, 2.45) is 5.41 Å². The molecular weight excluding hydrogens is 322 g/mol. The largest absolute Gasteiger partial charge is 0.390 e. The fraction of sp³-hybridized carbons (Fsp3) is 0.778. The zero-order chi connectivity index (χ0) is 16.6. The van der Waals surface area contributed by atoms with Gasteiger partial charge in [0.15, 0.2) is 5.13 Å². The van der Waals surface area contributed by atoms with Gasteiger partial charge in [0.1, 0.15) is 0 Å². The number of aliphatic hydroxyl groups excluding tert-OH is 1. The standard InChI is InChI=1S/C18H27N3O2S/c22-11-14-12-24-17(19-14)20-10-8-18(13-20)7-4-9-21(16(18)23)15-5-2-1-3-6-15/h12,15,22H,1-11,13H2/t18-/m0/s1. The van der Waals surface area contributed by atoms with Crippen LogP contribution in [0.4, 0.5) is 5.13 Å². The van der Waals surface area contributed by atoms with Crippen molar-refractivity contribution in [3.63, 3.8) is 0 Å². The highest BCUT2D eigenvalue weighted by molar-refractivity contribution is 7.13. The summed E-state index contributed by atoms with van der Waals surface area (Å²) in [6.07, 6.45) is 9.36. The van der Waals surface area contributed by atoms with Gasteiger partial charge in [-0.15, -0.1) is 11.3 Å². The summed E-state index contributed by atoms with van der Waals surface area (Å²) < 4.78 is 0. The zero-order valence-electron chi connectivity index (χ0n) is 14.2. The van der Waals surface area contributed by atoms with Crippen LogP contribution in [0.5, 0.6) is 0 Å². The number of likely N-dealkylation sites (tertiary alicyclic amines) is 1. The SMILES string of the molecule is O=C1N(C2CCCCC2)CCC[C@@]12CCN(c1nc(CO)cs1)C2. The molecule has 1 amide bonds. The molecule has 0 bridgehead atoms. The third kappa shape index (κ3) is 2.84. The zero-order valence-corrected chi connectivity index (χ0v) is 15.1. The molecule has 24 heavy (non-hydrogen) atoms. The minimum atomic E-state index is -0.194. The Bertz CT molecular complexity index is 599. The van der Waals surface area contributed by atoms with Crippen LogP contribution in [0.25, 0.3) is 0 Å². The molecular formula is C18H27N3O2S. The van der Waals surface area contributed by atoms with Crippen LogP contribution in [0.3, 0.4) is 0 Å². The van der Waals surface area contributed by atoms with E-state index in [9.17, 15) is 9.90 Å². The Kier molecular flexibility index (Phi) is 4.52. The van der Waals surface area contributed by atoms with Crippen LogP contribution < -0.4 is 4.90 Å². The van der Waals surface area contributed by atoms with E-state index in [4.69, 9.17) is 0 Å². The Hall–Kier alpha value is -1.14. The number of hydrogen-bond acceptors (Lipinski definition) is 5. The first kappa shape index (κ1) is 16.3. The van der Waals surface area contributed by atoms with Crippen LogP contribution in [0.15, 0.2) is 5.38 Å². The number of rotatable bonds is 3. The number of hydrogen-bond donors (Lipinski definition) is 1. The number of aliphatic hydroxyl groups is 1. The quantitative estimate of drug-likeness (QED) is 0.912. The molecule has 3 fully saturated rings. The van der Waals surface area contributed by atoms with Crippen molar-refractivity contribution in [1.29, 1.82) is 0 Å². The van der Waals surface area contributed by atoms with Gasteiger partial charge in [-0.25, -0.2) is 4.98 Å². The molecule has 1 aromatic rings. The van der Waals surface area contributed by atoms with E-state index in [2.05, 4.69) is 14.8 Å². The fourth-order valence-electron chi connectivity index (χ4n) is 4.77. The molecule has 3 aliphatic rings. The van der Waals surface area contributed by atoms with Gasteiger partial charge in [-0.1, -0.05) is 19.3 Å². The number of carbonyl (C=O) groups excluding carboxylic acids is 1. The number of carbonyl (C=O) groups is 1. The molecule has 1 aromatic heterocycles. The maximum atomic E-state index is 13.3. The molecule has 1 atom stereocenters. The van der Waals surface area contributed by atoms with Gasteiger partial charge in [0.05, 0.1) is 17.7 Å². The summed E-state index contributed by atoms with van der Waals surface area (Å²) in [4.78, 5) is 22.3. The Balaban J connectivity index is 1.49. The van der Waals surface area contributed by atoms with Gasteiger partial charge < -0.3 is 14.9 Å². The van der Waals surface area contributed by atoms with Gasteiger partial charge in [-0.3, -0.25) is 4.79 Å². The van der Waals surface area contributed by atoms with Gasteiger partial charge in [-0.2, -0.15) is 0 Å². The molecule has 2 saturated heterocycles. The summed E-state index contributed by atoms with van der Waals surface area (Å²) in [5.41, 5.74) is 0.538. The van der Waals surface area contributed by atoms with E-state index in [0.717, 1.165) is 49.7 Å². The van der Waals surface area contributed by atoms with Crippen molar-refractivity contribution in [3.8, 4) is 0 Å². The highest BCUT2D eigenvalue weighted by Crippen LogP contribution is 2.43. The van der Waals surface area contributed by atoms with Crippen LogP contribution in [0, 0.1) is 5.41 Å². The Morgan fingerprint density at radius 3 is 2.79 bits per heavy atom. The van der Waals surface area contributed by atoms with E-state index in [1.54, 1.807) is 11.3 Å². The van der Waals surface area contributed by atoms with E-state index in [1.807, 2.05) is 5.38 Å². The Labute approximate surface area is 147 Å². The molecule has 1 saturated carbocycles. The number of aromatic nitrogens is 1. The second kappa shape index (κ2) is 6.64. The monoisotopic (exact) mass is 349 g/mol. The van der Waals surface area contributed by atoms with Crippen molar-refractivity contribution in [1.82, 2.24) is 9.88 Å². The van der Waals surface area contributed by atoms with Crippen LogP contribution in [0.1, 0.15) is 57.1 Å². The second-order valence-electron chi connectivity index (χ2n) is 7.63. The highest BCUT2D eigenvalue weighted by atomic mass is 32.1. The van der Waals surface area contributed by atoms with Crippen molar-refractivity contribution in [2.45, 2.75) is 64.0 Å². The number of nitrogens with zero attached hydrogens (tertiary/aromatic N) is 3. The van der Waals surface area contributed by atoms with E-state index in [-0.39, 0.29) is 12.0 Å². The second-order valence-corrected chi connectivity index (χ2v) is 8.46. The van der Waals surface area contributed by atoms with Crippen molar-refractivity contribution >= 4 is 22.4 Å². The maximum Gasteiger partial charge on any atom is 0.230 e. The molecule has 2 aliphatic heterocycles. The van der Waals surface area contributed by atoms with Gasteiger partial charge in [0.25, 0.3) is 0 Å². The van der Waals surface area contributed by atoms with E-state index in [0.29, 0.717) is 11.9 Å². The normalized spacial score (nSPS) is 29.0. The highest BCUT2D eigenvalue weighted by Gasteiger charge is 2.50. The minimum Gasteiger partial charge on any atom is -0.390 e. The molecule has 0 aromatic carbocycles. The Morgan fingerprint density at radius 1 is 1.21 bits per heavy atom. The molecule has 1 spiro atoms. The first-order chi connectivity index (χ1) is 11.7. The number of anilines is 1. The summed E-state index contributed by atoms with van der Waals surface area (Å²) >= 11 is 1.58. The minimum absolute atomic E-state index is 0.0100. The van der Waals surface area contributed by atoms with E-state index in [1.165, 1.54) is 32.1 Å². The first-order valence-corrected chi connectivity index (χ1v) is 10.2. The average Bonchev–Trinajstić information content (AvgIpc) is 3.26. The lowest BCUT2D eigenvalue weighted by Crippen LogP contribution is -2.54. The summed E-state index contributed by atoms with van der Waals surface area (Å²) in [7, 11) is 0.